The van der Waals surface area contributed by atoms with Gasteiger partial charge in [-0.1, -0.05) is 25.1 Å². The Balaban J connectivity index is 1.46. The van der Waals surface area contributed by atoms with Crippen molar-refractivity contribution in [3.8, 4) is 11.8 Å². The van der Waals surface area contributed by atoms with Crippen molar-refractivity contribution < 1.29 is 31.5 Å². The number of rotatable bonds is 12. The zero-order valence-corrected chi connectivity index (χ0v) is 23.1. The topological polar surface area (TPSA) is 122 Å². The fourth-order valence-corrected chi connectivity index (χ4v) is 5.45. The van der Waals surface area contributed by atoms with Crippen LogP contribution in [0, 0.1) is 11.3 Å². The molecule has 2 aromatic carbocycles. The molecule has 41 heavy (non-hydrogen) atoms. The number of hydrogen-bond donors (Lipinski definition) is 1. The summed E-state index contributed by atoms with van der Waals surface area (Å²) in [5, 5.41) is 12.1. The zero-order chi connectivity index (χ0) is 29.4. The van der Waals surface area contributed by atoms with Crippen LogP contribution in [0.5, 0.6) is 5.75 Å². The number of nitrogens with zero attached hydrogens (tertiary/aromatic N) is 3. The number of halogens is 2. The van der Waals surface area contributed by atoms with Crippen LogP contribution in [0.3, 0.4) is 0 Å². The molecule has 0 saturated carbocycles. The number of ether oxygens (including phenoxy) is 2. The summed E-state index contributed by atoms with van der Waals surface area (Å²) >= 11 is 0. The number of nitriles is 1. The van der Waals surface area contributed by atoms with E-state index >= 15 is 0 Å². The monoisotopic (exact) mass is 584 g/mol. The second-order valence-corrected chi connectivity index (χ2v) is 11.7. The minimum absolute atomic E-state index is 0.0666. The molecular weight excluding hydrogens is 554 g/mol. The molecule has 1 aliphatic heterocycles. The SMILES string of the molecule is CCS(=O)(=O)c1ccc([C@H](CC#N)NC(=O)c2ccc(N3C[C@@H](Oc4ccccc4)C[C@H]3COC(F)F)cc2)nc1. The van der Waals surface area contributed by atoms with Gasteiger partial charge in [-0.15, -0.1) is 0 Å². The first kappa shape index (κ1) is 29.9. The zero-order valence-electron chi connectivity index (χ0n) is 22.3. The molecule has 216 valence electrons. The van der Waals surface area contributed by atoms with Crippen molar-refractivity contribution in [2.24, 2.45) is 0 Å². The van der Waals surface area contributed by atoms with Crippen LogP contribution in [0.15, 0.2) is 77.8 Å². The molecule has 0 bridgehead atoms. The van der Waals surface area contributed by atoms with E-state index in [9.17, 15) is 27.3 Å². The molecule has 1 N–H and O–H groups in total. The Hall–Kier alpha value is -4.08. The van der Waals surface area contributed by atoms with Gasteiger partial charge >= 0.3 is 6.61 Å². The number of benzene rings is 2. The third kappa shape index (κ3) is 7.77. The average molecular weight is 585 g/mol. The summed E-state index contributed by atoms with van der Waals surface area (Å²) in [4.78, 5) is 19.2. The number of sulfone groups is 1. The molecule has 3 aromatic rings. The molecule has 1 aliphatic rings. The van der Waals surface area contributed by atoms with Crippen LogP contribution >= 0.6 is 0 Å². The molecule has 0 aliphatic carbocycles. The van der Waals surface area contributed by atoms with Crippen molar-refractivity contribution in [2.75, 3.05) is 23.8 Å². The van der Waals surface area contributed by atoms with E-state index in [1.165, 1.54) is 25.3 Å². The van der Waals surface area contributed by atoms with Crippen molar-refractivity contribution in [1.29, 1.82) is 5.26 Å². The van der Waals surface area contributed by atoms with Crippen LogP contribution in [-0.2, 0) is 14.6 Å². The highest BCUT2D eigenvalue weighted by Crippen LogP contribution is 2.29. The number of para-hydroxylation sites is 1. The van der Waals surface area contributed by atoms with Crippen LogP contribution in [0.25, 0.3) is 0 Å². The van der Waals surface area contributed by atoms with Gasteiger partial charge in [-0.2, -0.15) is 14.0 Å². The molecule has 1 fully saturated rings. The summed E-state index contributed by atoms with van der Waals surface area (Å²) in [7, 11) is -3.43. The molecule has 3 atom stereocenters. The summed E-state index contributed by atoms with van der Waals surface area (Å²) in [5.41, 5.74) is 1.39. The van der Waals surface area contributed by atoms with E-state index in [0.29, 0.717) is 35.7 Å². The number of hydrogen-bond acceptors (Lipinski definition) is 8. The maximum Gasteiger partial charge on any atom is 0.345 e. The lowest BCUT2D eigenvalue weighted by Gasteiger charge is -2.26. The average Bonchev–Trinajstić information content (AvgIpc) is 3.38. The molecule has 1 amide bonds. The van der Waals surface area contributed by atoms with Crippen molar-refractivity contribution in [2.45, 2.75) is 49.5 Å². The fraction of sp³-hybridized carbons (Fsp3) is 0.345. The first-order chi connectivity index (χ1) is 19.7. The molecule has 0 unspecified atom stereocenters. The maximum absolute atomic E-state index is 13.0. The van der Waals surface area contributed by atoms with E-state index in [4.69, 9.17) is 4.74 Å². The highest BCUT2D eigenvalue weighted by Gasteiger charge is 2.34. The van der Waals surface area contributed by atoms with Gasteiger partial charge in [-0.3, -0.25) is 9.78 Å². The van der Waals surface area contributed by atoms with Crippen molar-refractivity contribution in [1.82, 2.24) is 10.3 Å². The van der Waals surface area contributed by atoms with Gasteiger partial charge < -0.3 is 19.7 Å². The number of aromatic nitrogens is 1. The highest BCUT2D eigenvalue weighted by molar-refractivity contribution is 7.91. The van der Waals surface area contributed by atoms with Crippen LogP contribution in [0.1, 0.15) is 41.9 Å². The number of alkyl halides is 2. The first-order valence-electron chi connectivity index (χ1n) is 13.0. The van der Waals surface area contributed by atoms with E-state index in [1.807, 2.05) is 41.3 Å². The number of carbonyl (C=O) groups excluding carboxylic acids is 1. The van der Waals surface area contributed by atoms with Crippen molar-refractivity contribution in [3.05, 3.63) is 84.2 Å². The number of carbonyl (C=O) groups is 1. The van der Waals surface area contributed by atoms with Crippen molar-refractivity contribution >= 4 is 21.4 Å². The number of pyridine rings is 1. The molecule has 1 aromatic heterocycles. The Bertz CT molecular complexity index is 1450. The van der Waals surface area contributed by atoms with E-state index in [2.05, 4.69) is 15.0 Å². The second-order valence-electron chi connectivity index (χ2n) is 9.45. The van der Waals surface area contributed by atoms with E-state index < -0.39 is 28.4 Å². The Kier molecular flexibility index (Phi) is 9.86. The third-order valence-electron chi connectivity index (χ3n) is 6.75. The van der Waals surface area contributed by atoms with Gasteiger partial charge in [-0.05, 0) is 48.5 Å². The normalized spacial score (nSPS) is 17.7. The molecule has 0 spiro atoms. The van der Waals surface area contributed by atoms with Crippen LogP contribution in [0.2, 0.25) is 0 Å². The van der Waals surface area contributed by atoms with Gasteiger partial charge in [-0.25, -0.2) is 8.42 Å². The first-order valence-corrected chi connectivity index (χ1v) is 14.7. The van der Waals surface area contributed by atoms with E-state index in [1.54, 1.807) is 24.3 Å². The number of anilines is 1. The predicted octanol–water partition coefficient (Wildman–Crippen LogP) is 4.53. The molecule has 0 radical (unpaired) electrons. The quantitative estimate of drug-likeness (QED) is 0.330. The molecule has 2 heterocycles. The third-order valence-corrected chi connectivity index (χ3v) is 8.47. The molecule has 1 saturated heterocycles. The summed E-state index contributed by atoms with van der Waals surface area (Å²) in [6, 6.07) is 19.7. The predicted molar refractivity (Wildman–Crippen MR) is 147 cm³/mol. The lowest BCUT2D eigenvalue weighted by molar-refractivity contribution is -0.131. The largest absolute Gasteiger partial charge is 0.489 e. The summed E-state index contributed by atoms with van der Waals surface area (Å²) in [6.07, 6.45) is 1.38. The van der Waals surface area contributed by atoms with Gasteiger partial charge in [0.05, 0.1) is 54.1 Å². The molecule has 9 nitrogen and oxygen atoms in total. The Morgan fingerprint density at radius 1 is 1.15 bits per heavy atom. The maximum atomic E-state index is 13.0. The summed E-state index contributed by atoms with van der Waals surface area (Å²) in [6.45, 7) is -1.10. The van der Waals surface area contributed by atoms with Crippen LogP contribution in [0.4, 0.5) is 14.5 Å². The molecular formula is C29H30F2N4O5S. The second kappa shape index (κ2) is 13.5. The van der Waals surface area contributed by atoms with Gasteiger partial charge in [0.15, 0.2) is 9.84 Å². The van der Waals surface area contributed by atoms with Gasteiger partial charge in [0.2, 0.25) is 0 Å². The smallest absolute Gasteiger partial charge is 0.345 e. The lowest BCUT2D eigenvalue weighted by atomic mass is 10.1. The van der Waals surface area contributed by atoms with Gasteiger partial charge in [0.25, 0.3) is 5.91 Å². The highest BCUT2D eigenvalue weighted by atomic mass is 32.2. The molecule has 12 heteroatoms. The Morgan fingerprint density at radius 2 is 1.88 bits per heavy atom. The van der Waals surface area contributed by atoms with Crippen molar-refractivity contribution in [3.63, 3.8) is 0 Å². The summed E-state index contributed by atoms with van der Waals surface area (Å²) < 4.78 is 60.4. The fourth-order valence-electron chi connectivity index (χ4n) is 4.62. The molecule has 4 rings (SSSR count). The lowest BCUT2D eigenvalue weighted by Crippen LogP contribution is -2.34. The van der Waals surface area contributed by atoms with Crippen LogP contribution in [-0.4, -0.2) is 57.0 Å². The van der Waals surface area contributed by atoms with Gasteiger partial charge in [0, 0.05) is 23.9 Å². The minimum Gasteiger partial charge on any atom is -0.489 e. The summed E-state index contributed by atoms with van der Waals surface area (Å²) in [5.74, 6) is 0.164. The van der Waals surface area contributed by atoms with E-state index in [0.717, 1.165) is 0 Å². The number of amides is 1. The number of nitrogens with one attached hydrogen (secondary N) is 1. The minimum atomic E-state index is -3.43. The Labute approximate surface area is 237 Å². The standard InChI is InChI=1S/C29H30F2N4O5S/c1-2-41(37,38)25-12-13-26(33-17-25)27(14-15-32)34-28(36)20-8-10-21(11-9-20)35-18-24(16-22(35)19-39-29(30)31)40-23-6-4-3-5-7-23/h3-13,17,22,24,27,29H,2,14,16,18-19H2,1H3,(H,34,36)/t22-,24-,27-/m0/s1. The Morgan fingerprint density at radius 3 is 2.49 bits per heavy atom. The van der Waals surface area contributed by atoms with Crippen LogP contribution < -0.4 is 15.0 Å². The van der Waals surface area contributed by atoms with Gasteiger partial charge in [0.1, 0.15) is 11.9 Å². The van der Waals surface area contributed by atoms with E-state index in [-0.39, 0.29) is 35.8 Å².